The highest BCUT2D eigenvalue weighted by molar-refractivity contribution is 6.31. The molecule has 0 saturated carbocycles. The zero-order valence-corrected chi connectivity index (χ0v) is 31.4. The highest BCUT2D eigenvalue weighted by atomic mass is 35.5. The number of terminal acetylenes is 1. The zero-order valence-electron chi connectivity index (χ0n) is 30.7. The summed E-state index contributed by atoms with van der Waals surface area (Å²) in [7, 11) is 0. The highest BCUT2D eigenvalue weighted by Gasteiger charge is 2.53. The summed E-state index contributed by atoms with van der Waals surface area (Å²) in [5, 5.41) is 4.50. The van der Waals surface area contributed by atoms with Crippen LogP contribution in [-0.2, 0) is 47.0 Å². The molecule has 0 radical (unpaired) electrons. The Morgan fingerprint density at radius 1 is 0.944 bits per heavy atom. The van der Waals surface area contributed by atoms with Crippen LogP contribution < -0.4 is 4.90 Å². The first-order valence-corrected chi connectivity index (χ1v) is 18.7. The van der Waals surface area contributed by atoms with Crippen LogP contribution in [0, 0.1) is 19.3 Å². The molecule has 2 amide bonds. The number of imidazole rings is 1. The summed E-state index contributed by atoms with van der Waals surface area (Å²) in [5.41, 5.74) is 2.97. The van der Waals surface area contributed by atoms with Crippen LogP contribution in [-0.4, -0.2) is 116 Å². The second-order valence-electron chi connectivity index (χ2n) is 13.2. The topological polar surface area (TPSA) is 144 Å². The fourth-order valence-electron chi connectivity index (χ4n) is 7.00. The molecule has 1 spiro atoms. The maximum Gasteiger partial charge on any atom is 0.276 e. The van der Waals surface area contributed by atoms with Crippen LogP contribution in [0.3, 0.4) is 0 Å². The number of rotatable bonds is 21. The molecule has 1 fully saturated rings. The van der Waals surface area contributed by atoms with Gasteiger partial charge in [-0.2, -0.15) is 0 Å². The minimum absolute atomic E-state index is 0.00101. The number of benzene rings is 1. The first-order valence-electron chi connectivity index (χ1n) is 18.4. The first-order chi connectivity index (χ1) is 26.4. The lowest BCUT2D eigenvalue weighted by Crippen LogP contribution is -2.50. The van der Waals surface area contributed by atoms with E-state index < -0.39 is 5.41 Å². The Bertz CT molecular complexity index is 1900. The number of hydrogen-bond acceptors (Lipinski definition) is 11. The van der Waals surface area contributed by atoms with Gasteiger partial charge >= 0.3 is 0 Å². The van der Waals surface area contributed by atoms with E-state index in [4.69, 9.17) is 51.2 Å². The SMILES string of the molecule is C#CCOCCOCCOCCOCCOCCCCn1c(CN2C(=O)C3(CCN(C(=O)c4cc(C)on4)CC3)c3ccncc32)nc2cc(Cl)ccc21. The lowest BCUT2D eigenvalue weighted by molar-refractivity contribution is -0.124. The summed E-state index contributed by atoms with van der Waals surface area (Å²) < 4.78 is 34.7. The summed E-state index contributed by atoms with van der Waals surface area (Å²) in [6.45, 7) is 8.35. The number of piperidine rings is 1. The fourth-order valence-corrected chi connectivity index (χ4v) is 7.17. The van der Waals surface area contributed by atoms with Gasteiger partial charge in [0.1, 0.15) is 18.2 Å². The third kappa shape index (κ3) is 9.46. The van der Waals surface area contributed by atoms with Crippen molar-refractivity contribution >= 4 is 40.1 Å². The number of carbonyl (C=O) groups excluding carboxylic acids is 2. The quantitative estimate of drug-likeness (QED) is 0.0869. The van der Waals surface area contributed by atoms with Gasteiger partial charge in [-0.1, -0.05) is 22.7 Å². The van der Waals surface area contributed by atoms with Crippen LogP contribution >= 0.6 is 11.6 Å². The molecule has 2 aliphatic rings. The minimum Gasteiger partial charge on any atom is -0.379 e. The Hall–Kier alpha value is -4.36. The van der Waals surface area contributed by atoms with Gasteiger partial charge in [-0.3, -0.25) is 14.6 Å². The van der Waals surface area contributed by atoms with E-state index in [0.29, 0.717) is 109 Å². The van der Waals surface area contributed by atoms with Gasteiger partial charge in [0.25, 0.3) is 5.91 Å². The molecule has 0 unspecified atom stereocenters. The van der Waals surface area contributed by atoms with E-state index >= 15 is 0 Å². The van der Waals surface area contributed by atoms with Crippen LogP contribution in [0.25, 0.3) is 11.0 Å². The van der Waals surface area contributed by atoms with E-state index in [1.807, 2.05) is 29.2 Å². The molecule has 0 aliphatic carbocycles. The van der Waals surface area contributed by atoms with Gasteiger partial charge < -0.3 is 42.6 Å². The molecule has 3 aromatic heterocycles. The summed E-state index contributed by atoms with van der Waals surface area (Å²) >= 11 is 6.36. The van der Waals surface area contributed by atoms with E-state index in [1.54, 1.807) is 30.3 Å². The van der Waals surface area contributed by atoms with Crippen LogP contribution in [0.1, 0.15) is 53.3 Å². The Balaban J connectivity index is 0.980. The molecular weight excluding hydrogens is 716 g/mol. The third-order valence-electron chi connectivity index (χ3n) is 9.69. The molecule has 54 heavy (non-hydrogen) atoms. The fraction of sp³-hybridized carbons (Fsp3) is 0.513. The standard InChI is InChI=1S/C39H47ClN6O8/c1-3-15-49-17-19-51-21-23-53-24-22-52-20-18-50-16-5-4-12-45-34-7-6-30(40)26-32(34)42-36(45)28-46-35-27-41-11-8-31(35)39(38(46)48)9-13-44(14-10-39)37(47)33-25-29(2)54-43-33/h1,6-8,11,25-27H,4-5,9-10,12-24,28H2,2H3. The zero-order chi connectivity index (χ0) is 37.8. The van der Waals surface area contributed by atoms with Crippen molar-refractivity contribution in [2.45, 2.75) is 51.1 Å². The second-order valence-corrected chi connectivity index (χ2v) is 13.6. The number of anilines is 1. The number of nitrogens with zero attached hydrogens (tertiary/aromatic N) is 6. The number of carbonyl (C=O) groups is 2. The average Bonchev–Trinajstić information content (AvgIpc) is 3.83. The normalized spacial score (nSPS) is 15.0. The number of aryl methyl sites for hydroxylation is 2. The van der Waals surface area contributed by atoms with E-state index in [0.717, 1.165) is 41.0 Å². The Labute approximate surface area is 320 Å². The maximum atomic E-state index is 14.5. The lowest BCUT2D eigenvalue weighted by Gasteiger charge is -2.38. The van der Waals surface area contributed by atoms with Gasteiger partial charge in [-0.05, 0) is 62.4 Å². The summed E-state index contributed by atoms with van der Waals surface area (Å²) in [4.78, 5) is 40.5. The van der Waals surface area contributed by atoms with Crippen molar-refractivity contribution in [3.05, 3.63) is 70.6 Å². The molecule has 1 saturated heterocycles. The Morgan fingerprint density at radius 2 is 1.63 bits per heavy atom. The number of ether oxygens (including phenoxy) is 5. The Morgan fingerprint density at radius 3 is 2.30 bits per heavy atom. The number of fused-ring (bicyclic) bond motifs is 3. The summed E-state index contributed by atoms with van der Waals surface area (Å²) in [6.07, 6.45) is 11.3. The molecule has 0 bridgehead atoms. The maximum absolute atomic E-state index is 14.5. The number of unbranched alkanes of at least 4 members (excludes halogenated alkanes) is 1. The highest BCUT2D eigenvalue weighted by Crippen LogP contribution is 2.48. The molecule has 2 aliphatic heterocycles. The minimum atomic E-state index is -0.753. The molecule has 288 valence electrons. The van der Waals surface area contributed by atoms with Crippen molar-refractivity contribution in [3.8, 4) is 12.3 Å². The predicted molar refractivity (Wildman–Crippen MR) is 200 cm³/mol. The molecule has 14 nitrogen and oxygen atoms in total. The van der Waals surface area contributed by atoms with Crippen molar-refractivity contribution < 1.29 is 37.8 Å². The van der Waals surface area contributed by atoms with Gasteiger partial charge in [-0.15, -0.1) is 6.42 Å². The van der Waals surface area contributed by atoms with E-state index in [9.17, 15) is 9.59 Å². The number of halogens is 1. The molecule has 0 atom stereocenters. The van der Waals surface area contributed by atoms with Gasteiger partial charge in [0.15, 0.2) is 5.69 Å². The van der Waals surface area contributed by atoms with Crippen molar-refractivity contribution in [2.24, 2.45) is 0 Å². The molecular formula is C39H47ClN6O8. The Kier molecular flexibility index (Phi) is 14.1. The first kappa shape index (κ1) is 39.3. The van der Waals surface area contributed by atoms with Gasteiger partial charge in [-0.25, -0.2) is 4.98 Å². The molecule has 0 N–H and O–H groups in total. The summed E-state index contributed by atoms with van der Waals surface area (Å²) in [5.74, 6) is 3.56. The van der Waals surface area contributed by atoms with Gasteiger partial charge in [0, 0.05) is 43.5 Å². The van der Waals surface area contributed by atoms with Gasteiger partial charge in [0.05, 0.1) is 87.7 Å². The second kappa shape index (κ2) is 19.3. The largest absolute Gasteiger partial charge is 0.379 e. The number of aromatic nitrogens is 4. The van der Waals surface area contributed by atoms with E-state index in [1.165, 1.54) is 0 Å². The smallest absolute Gasteiger partial charge is 0.276 e. The van der Waals surface area contributed by atoms with Crippen molar-refractivity contribution in [2.75, 3.05) is 84.1 Å². The number of hydrogen-bond donors (Lipinski definition) is 0. The van der Waals surface area contributed by atoms with Gasteiger partial charge in [0.2, 0.25) is 5.91 Å². The molecule has 6 rings (SSSR count). The van der Waals surface area contributed by atoms with Crippen LogP contribution in [0.5, 0.6) is 0 Å². The van der Waals surface area contributed by atoms with E-state index in [-0.39, 0.29) is 24.1 Å². The molecule has 5 heterocycles. The van der Waals surface area contributed by atoms with Crippen molar-refractivity contribution in [1.29, 1.82) is 0 Å². The summed E-state index contributed by atoms with van der Waals surface area (Å²) in [6, 6.07) is 9.26. The number of likely N-dealkylation sites (tertiary alicyclic amines) is 1. The average molecular weight is 763 g/mol. The molecule has 15 heteroatoms. The third-order valence-corrected chi connectivity index (χ3v) is 9.93. The molecule has 4 aromatic rings. The number of pyridine rings is 1. The van der Waals surface area contributed by atoms with E-state index in [2.05, 4.69) is 20.6 Å². The number of amides is 2. The molecule has 1 aromatic carbocycles. The monoisotopic (exact) mass is 762 g/mol. The van der Waals surface area contributed by atoms with Crippen molar-refractivity contribution in [1.82, 2.24) is 24.6 Å². The predicted octanol–water partition coefficient (Wildman–Crippen LogP) is 4.60. The van der Waals surface area contributed by atoms with Crippen LogP contribution in [0.4, 0.5) is 5.69 Å². The van der Waals surface area contributed by atoms with Crippen LogP contribution in [0.15, 0.2) is 47.2 Å². The lowest BCUT2D eigenvalue weighted by atomic mass is 9.74. The van der Waals surface area contributed by atoms with Crippen LogP contribution in [0.2, 0.25) is 5.02 Å². The van der Waals surface area contributed by atoms with Crippen molar-refractivity contribution in [3.63, 3.8) is 0 Å².